The first-order valence-electron chi connectivity index (χ1n) is 8.21. The quantitative estimate of drug-likeness (QED) is 0.539. The third kappa shape index (κ3) is 5.73. The summed E-state index contributed by atoms with van der Waals surface area (Å²) in [5.74, 6) is 0. The van der Waals surface area contributed by atoms with Gasteiger partial charge in [0.1, 0.15) is 0 Å². The molecule has 0 radical (unpaired) electrons. The molecule has 1 heteroatoms. The molecule has 2 fully saturated rings. The van der Waals surface area contributed by atoms with Crippen LogP contribution in [-0.2, 0) is 0 Å². The van der Waals surface area contributed by atoms with E-state index in [9.17, 15) is 0 Å². The van der Waals surface area contributed by atoms with E-state index in [4.69, 9.17) is 0 Å². The van der Waals surface area contributed by atoms with Crippen LogP contribution in [0.3, 0.4) is 0 Å². The van der Waals surface area contributed by atoms with Crippen LogP contribution in [0.25, 0.3) is 0 Å². The maximum absolute atomic E-state index is 1.56. The van der Waals surface area contributed by atoms with Crippen molar-refractivity contribution < 1.29 is 0 Å². The van der Waals surface area contributed by atoms with Gasteiger partial charge in [0.05, 0.1) is 0 Å². The van der Waals surface area contributed by atoms with Gasteiger partial charge in [0.25, 0.3) is 0 Å². The lowest BCUT2D eigenvalue weighted by Gasteiger charge is -2.26. The summed E-state index contributed by atoms with van der Waals surface area (Å²) in [4.78, 5) is 0. The van der Waals surface area contributed by atoms with Gasteiger partial charge < -0.3 is 0 Å². The highest BCUT2D eigenvalue weighted by Gasteiger charge is 2.18. The molecule has 2 saturated carbocycles. The zero-order chi connectivity index (χ0) is 11.8. The maximum Gasteiger partial charge on any atom is -0.0234 e. The van der Waals surface area contributed by atoms with E-state index in [-0.39, 0.29) is 0 Å². The third-order valence-electron chi connectivity index (χ3n) is 4.68. The minimum atomic E-state index is 1.12. The highest BCUT2D eigenvalue weighted by Crippen LogP contribution is 2.39. The molecule has 2 rings (SSSR count). The molecule has 0 saturated heterocycles. The summed E-state index contributed by atoms with van der Waals surface area (Å²) in [6.45, 7) is 0. The van der Waals surface area contributed by atoms with Crippen LogP contribution in [0, 0.1) is 0 Å². The molecule has 0 amide bonds. The summed E-state index contributed by atoms with van der Waals surface area (Å²) in [7, 11) is 1.32. The van der Waals surface area contributed by atoms with Crippen LogP contribution < -0.4 is 0 Å². The van der Waals surface area contributed by atoms with Crippen LogP contribution in [0.5, 0.6) is 0 Å². The van der Waals surface area contributed by atoms with E-state index in [1.807, 2.05) is 0 Å². The van der Waals surface area contributed by atoms with Crippen molar-refractivity contribution in [2.24, 2.45) is 0 Å². The molecule has 100 valence electrons. The lowest BCUT2D eigenvalue weighted by Crippen LogP contribution is -2.12. The van der Waals surface area contributed by atoms with Crippen molar-refractivity contribution in [3.8, 4) is 0 Å². The fourth-order valence-electron chi connectivity index (χ4n) is 3.58. The molecule has 0 aromatic heterocycles. The molecule has 0 aromatic rings. The van der Waals surface area contributed by atoms with Gasteiger partial charge in [-0.05, 0) is 37.0 Å². The van der Waals surface area contributed by atoms with Gasteiger partial charge in [-0.3, -0.25) is 0 Å². The van der Waals surface area contributed by atoms with Crippen molar-refractivity contribution in [1.82, 2.24) is 0 Å². The van der Waals surface area contributed by atoms with Gasteiger partial charge in [0.15, 0.2) is 0 Å². The lowest BCUT2D eigenvalue weighted by atomic mass is 10.00. The molecular weight excluding hydrogens is 223 g/mol. The van der Waals surface area contributed by atoms with Crippen molar-refractivity contribution in [2.75, 3.05) is 0 Å². The highest BCUT2D eigenvalue weighted by molar-refractivity contribution is 7.39. The Morgan fingerprint density at radius 1 is 0.412 bits per heavy atom. The molecule has 0 N–H and O–H groups in total. The average Bonchev–Trinajstić information content (AvgIpc) is 2.24. The highest BCUT2D eigenvalue weighted by atomic mass is 31.1. The second-order valence-corrected chi connectivity index (χ2v) is 8.22. The first-order valence-corrected chi connectivity index (χ1v) is 9.37. The Kier molecular flexibility index (Phi) is 6.94. The summed E-state index contributed by atoms with van der Waals surface area (Å²) >= 11 is 0. The van der Waals surface area contributed by atoms with Crippen LogP contribution in [0.4, 0.5) is 0 Å². The molecule has 0 unspecified atom stereocenters. The second kappa shape index (κ2) is 8.52. The summed E-state index contributed by atoms with van der Waals surface area (Å²) in [6, 6.07) is 0. The fourth-order valence-corrected chi connectivity index (χ4v) is 5.73. The van der Waals surface area contributed by atoms with Gasteiger partial charge in [-0.1, -0.05) is 64.2 Å². The molecule has 0 bridgehead atoms. The van der Waals surface area contributed by atoms with Gasteiger partial charge in [-0.15, -0.1) is 8.58 Å². The molecule has 0 atom stereocenters. The van der Waals surface area contributed by atoms with E-state index in [2.05, 4.69) is 0 Å². The molecule has 0 aliphatic heterocycles. The molecule has 0 nitrogen and oxygen atoms in total. The van der Waals surface area contributed by atoms with E-state index in [0.717, 1.165) is 11.3 Å². The van der Waals surface area contributed by atoms with Crippen molar-refractivity contribution in [3.05, 3.63) is 0 Å². The van der Waals surface area contributed by atoms with Crippen LogP contribution in [-0.4, -0.2) is 11.3 Å². The first-order chi connectivity index (χ1) is 8.45. The zero-order valence-corrected chi connectivity index (χ0v) is 12.6. The molecule has 0 heterocycles. The average molecular weight is 254 g/mol. The number of rotatable bonds is 2. The minimum Gasteiger partial charge on any atom is -0.116 e. The minimum absolute atomic E-state index is 1.12. The topological polar surface area (TPSA) is 0 Å². The monoisotopic (exact) mass is 254 g/mol. The first kappa shape index (κ1) is 13.9. The van der Waals surface area contributed by atoms with Gasteiger partial charge in [-0.25, -0.2) is 0 Å². The Balaban J connectivity index is 1.72. The summed E-state index contributed by atoms with van der Waals surface area (Å²) in [5.41, 5.74) is 2.25. The Morgan fingerprint density at radius 2 is 0.706 bits per heavy atom. The van der Waals surface area contributed by atoms with Crippen LogP contribution in [0.2, 0.25) is 0 Å². The van der Waals surface area contributed by atoms with Gasteiger partial charge in [0.2, 0.25) is 0 Å². The van der Waals surface area contributed by atoms with Crippen LogP contribution in [0.15, 0.2) is 0 Å². The van der Waals surface area contributed by atoms with E-state index in [1.165, 1.54) is 72.8 Å². The summed E-state index contributed by atoms with van der Waals surface area (Å²) in [6.07, 6.45) is 21.5. The van der Waals surface area contributed by atoms with Gasteiger partial charge in [0, 0.05) is 0 Å². The van der Waals surface area contributed by atoms with E-state index < -0.39 is 0 Å². The predicted octanol–water partition coefficient (Wildman–Crippen LogP) is 5.89. The Labute approximate surface area is 110 Å². The molecule has 2 aliphatic rings. The van der Waals surface area contributed by atoms with Crippen molar-refractivity contribution >= 4 is 8.58 Å². The number of hydrogen-bond acceptors (Lipinski definition) is 0. The molecular formula is C16H31P. The number of hydrogen-bond donors (Lipinski definition) is 0. The maximum atomic E-state index is 1.56. The van der Waals surface area contributed by atoms with Crippen molar-refractivity contribution in [2.45, 2.75) is 101 Å². The largest absolute Gasteiger partial charge is 0.116 e. The Morgan fingerprint density at radius 3 is 1.06 bits per heavy atom. The SMILES string of the molecule is C1CCCC(PC2CCCCCCC2)CCC1. The Bertz CT molecular complexity index is 154. The van der Waals surface area contributed by atoms with Crippen molar-refractivity contribution in [1.29, 1.82) is 0 Å². The summed E-state index contributed by atoms with van der Waals surface area (Å²) < 4.78 is 0. The standard InChI is InChI=1S/C16H31P/c1-3-7-11-15(12-8-4-1)17-16-13-9-5-2-6-10-14-16/h15-17H,1-14H2. The fraction of sp³-hybridized carbons (Fsp3) is 1.00. The predicted molar refractivity (Wildman–Crippen MR) is 80.5 cm³/mol. The molecule has 17 heavy (non-hydrogen) atoms. The van der Waals surface area contributed by atoms with Gasteiger partial charge in [-0.2, -0.15) is 0 Å². The van der Waals surface area contributed by atoms with Crippen LogP contribution in [0.1, 0.15) is 89.9 Å². The lowest BCUT2D eigenvalue weighted by molar-refractivity contribution is 0.493. The molecule has 0 spiro atoms. The van der Waals surface area contributed by atoms with E-state index in [0.29, 0.717) is 0 Å². The van der Waals surface area contributed by atoms with Crippen molar-refractivity contribution in [3.63, 3.8) is 0 Å². The smallest absolute Gasteiger partial charge is 0.0234 e. The zero-order valence-electron chi connectivity index (χ0n) is 11.6. The van der Waals surface area contributed by atoms with E-state index >= 15 is 0 Å². The molecule has 0 aromatic carbocycles. The summed E-state index contributed by atoms with van der Waals surface area (Å²) in [5, 5.41) is 0. The third-order valence-corrected chi connectivity index (χ3v) is 6.78. The van der Waals surface area contributed by atoms with Crippen LogP contribution >= 0.6 is 8.58 Å². The molecule has 2 aliphatic carbocycles. The van der Waals surface area contributed by atoms with Gasteiger partial charge >= 0.3 is 0 Å². The second-order valence-electron chi connectivity index (χ2n) is 6.25. The normalized spacial score (nSPS) is 26.8. The van der Waals surface area contributed by atoms with E-state index in [1.54, 1.807) is 25.7 Å². The Hall–Kier alpha value is 0.430.